The van der Waals surface area contributed by atoms with Gasteiger partial charge in [-0.25, -0.2) is 0 Å². The molecule has 0 unspecified atom stereocenters. The highest BCUT2D eigenvalue weighted by Crippen LogP contribution is 2.11. The zero-order valence-electron chi connectivity index (χ0n) is 8.84. The fourth-order valence-electron chi connectivity index (χ4n) is 1.31. The van der Waals surface area contributed by atoms with Crippen LogP contribution in [0.1, 0.15) is 16.1 Å². The summed E-state index contributed by atoms with van der Waals surface area (Å²) in [5, 5.41) is 2.79. The lowest BCUT2D eigenvalue weighted by atomic mass is 10.2. The van der Waals surface area contributed by atoms with Gasteiger partial charge in [0, 0.05) is 18.6 Å². The van der Waals surface area contributed by atoms with Crippen LogP contribution in [0.25, 0.3) is 0 Å². The number of pyridine rings is 2. The summed E-state index contributed by atoms with van der Waals surface area (Å²) in [5.41, 5.74) is 2.04. The van der Waals surface area contributed by atoms with Crippen LogP contribution in [0.3, 0.4) is 0 Å². The topological polar surface area (TPSA) is 54.9 Å². The summed E-state index contributed by atoms with van der Waals surface area (Å²) in [4.78, 5) is 19.8. The van der Waals surface area contributed by atoms with Crippen LogP contribution in [0, 0.1) is 6.92 Å². The Bertz CT molecular complexity index is 497. The van der Waals surface area contributed by atoms with Crippen molar-refractivity contribution in [2.24, 2.45) is 0 Å². The van der Waals surface area contributed by atoms with Crippen LogP contribution in [0.5, 0.6) is 0 Å². The first-order valence-corrected chi connectivity index (χ1v) is 4.90. The number of hydrogen-bond donors (Lipinski definition) is 1. The van der Waals surface area contributed by atoms with E-state index in [4.69, 9.17) is 0 Å². The maximum absolute atomic E-state index is 11.8. The number of nitrogens with one attached hydrogen (secondary N) is 1. The van der Waals surface area contributed by atoms with Gasteiger partial charge in [-0.15, -0.1) is 0 Å². The molecule has 16 heavy (non-hydrogen) atoms. The van der Waals surface area contributed by atoms with E-state index < -0.39 is 0 Å². The number of hydrogen-bond acceptors (Lipinski definition) is 3. The zero-order valence-corrected chi connectivity index (χ0v) is 8.84. The van der Waals surface area contributed by atoms with Gasteiger partial charge in [0.15, 0.2) is 0 Å². The van der Waals surface area contributed by atoms with Crippen LogP contribution in [0.4, 0.5) is 5.69 Å². The Morgan fingerprint density at radius 3 is 2.75 bits per heavy atom. The number of nitrogens with zero attached hydrogens (tertiary/aromatic N) is 2. The number of aromatic nitrogens is 2. The second-order valence-corrected chi connectivity index (χ2v) is 3.33. The highest BCUT2D eigenvalue weighted by atomic mass is 16.1. The molecule has 1 amide bonds. The molecule has 0 bridgehead atoms. The van der Waals surface area contributed by atoms with Crippen LogP contribution in [0.15, 0.2) is 42.9 Å². The van der Waals surface area contributed by atoms with Gasteiger partial charge < -0.3 is 5.32 Å². The molecule has 0 aliphatic heterocycles. The van der Waals surface area contributed by atoms with E-state index in [1.807, 2.05) is 13.0 Å². The van der Waals surface area contributed by atoms with Crippen LogP contribution >= 0.6 is 0 Å². The number of amides is 1. The molecular formula is C12H11N3O. The minimum Gasteiger partial charge on any atom is -0.320 e. The Balaban J connectivity index is 2.18. The summed E-state index contributed by atoms with van der Waals surface area (Å²) >= 11 is 0. The Morgan fingerprint density at radius 2 is 2.06 bits per heavy atom. The van der Waals surface area contributed by atoms with Crippen LogP contribution in [0.2, 0.25) is 0 Å². The van der Waals surface area contributed by atoms with Crippen LogP contribution in [-0.4, -0.2) is 15.9 Å². The molecule has 0 radical (unpaired) electrons. The van der Waals surface area contributed by atoms with Crippen LogP contribution in [-0.2, 0) is 0 Å². The minimum absolute atomic E-state index is 0.177. The van der Waals surface area contributed by atoms with Gasteiger partial charge in [0.05, 0.1) is 16.9 Å². The van der Waals surface area contributed by atoms with E-state index in [1.165, 1.54) is 6.20 Å². The molecule has 0 atom stereocenters. The largest absolute Gasteiger partial charge is 0.320 e. The summed E-state index contributed by atoms with van der Waals surface area (Å²) in [7, 11) is 0. The molecule has 4 nitrogen and oxygen atoms in total. The molecule has 0 aliphatic rings. The summed E-state index contributed by atoms with van der Waals surface area (Å²) < 4.78 is 0. The molecule has 2 aromatic heterocycles. The predicted octanol–water partition coefficient (Wildman–Crippen LogP) is 2.04. The molecule has 0 fully saturated rings. The average Bonchev–Trinajstić information content (AvgIpc) is 2.33. The van der Waals surface area contributed by atoms with Crippen molar-refractivity contribution in [2.75, 3.05) is 5.32 Å². The Kier molecular flexibility index (Phi) is 2.91. The molecule has 0 saturated carbocycles. The normalized spacial score (nSPS) is 9.81. The molecule has 0 saturated heterocycles. The summed E-state index contributed by atoms with van der Waals surface area (Å²) in [5.74, 6) is -0.177. The van der Waals surface area contributed by atoms with E-state index in [0.29, 0.717) is 5.56 Å². The van der Waals surface area contributed by atoms with Crippen molar-refractivity contribution in [1.29, 1.82) is 0 Å². The maximum Gasteiger partial charge on any atom is 0.257 e. The molecule has 2 rings (SSSR count). The monoisotopic (exact) mass is 213 g/mol. The van der Waals surface area contributed by atoms with Crippen molar-refractivity contribution >= 4 is 11.6 Å². The third kappa shape index (κ3) is 2.23. The molecule has 0 aliphatic carbocycles. The SMILES string of the molecule is Cc1ncccc1NC(=O)c1cccnc1. The number of aryl methyl sites for hydroxylation is 1. The third-order valence-corrected chi connectivity index (χ3v) is 2.18. The lowest BCUT2D eigenvalue weighted by molar-refractivity contribution is 0.102. The van der Waals surface area contributed by atoms with Gasteiger partial charge in [0.1, 0.15) is 0 Å². The Hall–Kier alpha value is -2.23. The first kappa shape index (κ1) is 10.3. The quantitative estimate of drug-likeness (QED) is 0.830. The van der Waals surface area contributed by atoms with Crippen molar-refractivity contribution in [2.45, 2.75) is 6.92 Å². The van der Waals surface area contributed by atoms with Gasteiger partial charge in [-0.05, 0) is 31.2 Å². The molecule has 80 valence electrons. The number of carbonyl (C=O) groups excluding carboxylic acids is 1. The van der Waals surface area contributed by atoms with Crippen molar-refractivity contribution in [3.63, 3.8) is 0 Å². The fraction of sp³-hybridized carbons (Fsp3) is 0.0833. The first-order chi connectivity index (χ1) is 7.77. The van der Waals surface area contributed by atoms with Gasteiger partial charge in [-0.3, -0.25) is 14.8 Å². The lowest BCUT2D eigenvalue weighted by Gasteiger charge is -2.06. The van der Waals surface area contributed by atoms with E-state index in [1.54, 1.807) is 30.6 Å². The smallest absolute Gasteiger partial charge is 0.257 e. The highest BCUT2D eigenvalue weighted by Gasteiger charge is 2.06. The summed E-state index contributed by atoms with van der Waals surface area (Å²) in [6.07, 6.45) is 4.85. The molecule has 1 N–H and O–H groups in total. The van der Waals surface area contributed by atoms with Crippen molar-refractivity contribution in [1.82, 2.24) is 9.97 Å². The average molecular weight is 213 g/mol. The second-order valence-electron chi connectivity index (χ2n) is 3.33. The van der Waals surface area contributed by atoms with Gasteiger partial charge in [0.25, 0.3) is 5.91 Å². The molecule has 0 spiro atoms. The number of anilines is 1. The minimum atomic E-state index is -0.177. The van der Waals surface area contributed by atoms with Crippen molar-refractivity contribution < 1.29 is 4.79 Å². The Morgan fingerprint density at radius 1 is 1.25 bits per heavy atom. The molecule has 2 heterocycles. The standard InChI is InChI=1S/C12H11N3O/c1-9-11(5-3-7-14-9)15-12(16)10-4-2-6-13-8-10/h2-8H,1H3,(H,15,16). The van der Waals surface area contributed by atoms with Gasteiger partial charge in [-0.1, -0.05) is 0 Å². The molecule has 2 aromatic rings. The third-order valence-electron chi connectivity index (χ3n) is 2.18. The molecular weight excluding hydrogens is 202 g/mol. The summed E-state index contributed by atoms with van der Waals surface area (Å²) in [6, 6.07) is 7.04. The Labute approximate surface area is 93.4 Å². The number of carbonyl (C=O) groups is 1. The van der Waals surface area contributed by atoms with Gasteiger partial charge in [-0.2, -0.15) is 0 Å². The predicted molar refractivity (Wildman–Crippen MR) is 61.2 cm³/mol. The zero-order chi connectivity index (χ0) is 11.4. The highest BCUT2D eigenvalue weighted by molar-refractivity contribution is 6.04. The van der Waals surface area contributed by atoms with Gasteiger partial charge in [0.2, 0.25) is 0 Å². The van der Waals surface area contributed by atoms with Gasteiger partial charge >= 0.3 is 0 Å². The van der Waals surface area contributed by atoms with Crippen molar-refractivity contribution in [3.05, 3.63) is 54.1 Å². The second kappa shape index (κ2) is 4.53. The van der Waals surface area contributed by atoms with E-state index in [-0.39, 0.29) is 5.91 Å². The van der Waals surface area contributed by atoms with E-state index in [0.717, 1.165) is 11.4 Å². The number of rotatable bonds is 2. The van der Waals surface area contributed by atoms with Crippen molar-refractivity contribution in [3.8, 4) is 0 Å². The first-order valence-electron chi connectivity index (χ1n) is 4.90. The van der Waals surface area contributed by atoms with E-state index >= 15 is 0 Å². The lowest BCUT2D eigenvalue weighted by Crippen LogP contribution is -2.13. The van der Waals surface area contributed by atoms with E-state index in [2.05, 4.69) is 15.3 Å². The maximum atomic E-state index is 11.8. The molecule has 4 heteroatoms. The summed E-state index contributed by atoms with van der Waals surface area (Å²) in [6.45, 7) is 1.85. The molecule has 0 aromatic carbocycles. The van der Waals surface area contributed by atoms with Crippen LogP contribution < -0.4 is 5.32 Å². The fourth-order valence-corrected chi connectivity index (χ4v) is 1.31. The van der Waals surface area contributed by atoms with E-state index in [9.17, 15) is 4.79 Å².